The molecule has 1 aromatic rings. The molecule has 0 saturated heterocycles. The zero-order valence-electron chi connectivity index (χ0n) is 12.7. The van der Waals surface area contributed by atoms with E-state index < -0.39 is 0 Å². The molecule has 4 heteroatoms. The summed E-state index contributed by atoms with van der Waals surface area (Å²) < 4.78 is 12.9. The molecule has 1 aromatic carbocycles. The molecule has 1 N–H and O–H groups in total. The van der Waals surface area contributed by atoms with Gasteiger partial charge >= 0.3 is 0 Å². The third-order valence-electron chi connectivity index (χ3n) is 3.39. The van der Waals surface area contributed by atoms with E-state index >= 15 is 0 Å². The zero-order chi connectivity index (χ0) is 15.3. The zero-order valence-corrected chi connectivity index (χ0v) is 12.7. The minimum absolute atomic E-state index is 0.00260. The molecule has 0 fully saturated rings. The Morgan fingerprint density at radius 1 is 1.30 bits per heavy atom. The lowest BCUT2D eigenvalue weighted by Gasteiger charge is -2.36. The lowest BCUT2D eigenvalue weighted by Crippen LogP contribution is -2.46. The summed E-state index contributed by atoms with van der Waals surface area (Å²) in [5, 5.41) is 9.13. The van der Waals surface area contributed by atoms with E-state index in [1.165, 1.54) is 24.3 Å². The Morgan fingerprint density at radius 3 is 2.30 bits per heavy atom. The molecule has 1 unspecified atom stereocenters. The molecule has 0 heterocycles. The molecule has 0 spiro atoms. The Hall–Kier alpha value is -1.26. The van der Waals surface area contributed by atoms with E-state index in [-0.39, 0.29) is 29.7 Å². The number of halogens is 1. The lowest BCUT2D eigenvalue weighted by molar-refractivity contribution is 0.0726. The van der Waals surface area contributed by atoms with Crippen molar-refractivity contribution in [2.75, 3.05) is 19.7 Å². The SMILES string of the molecule is CC(CN(CCO)C(C)(C)C)C(=O)c1ccc(F)cc1. The van der Waals surface area contributed by atoms with Crippen molar-refractivity contribution in [2.24, 2.45) is 5.92 Å². The van der Waals surface area contributed by atoms with Gasteiger partial charge in [0.2, 0.25) is 0 Å². The number of hydrogen-bond donors (Lipinski definition) is 1. The van der Waals surface area contributed by atoms with Crippen LogP contribution in [0, 0.1) is 11.7 Å². The summed E-state index contributed by atoms with van der Waals surface area (Å²) in [6, 6.07) is 5.63. The summed E-state index contributed by atoms with van der Waals surface area (Å²) in [4.78, 5) is 14.4. The second kappa shape index (κ2) is 6.95. The maximum atomic E-state index is 12.9. The van der Waals surface area contributed by atoms with Gasteiger partial charge in [-0.25, -0.2) is 4.39 Å². The van der Waals surface area contributed by atoms with Crippen LogP contribution in [0.3, 0.4) is 0 Å². The summed E-state index contributed by atoms with van der Waals surface area (Å²) in [5.41, 5.74) is 0.414. The number of ketones is 1. The summed E-state index contributed by atoms with van der Waals surface area (Å²) in [7, 11) is 0. The highest BCUT2D eigenvalue weighted by atomic mass is 19.1. The van der Waals surface area contributed by atoms with Crippen molar-refractivity contribution < 1.29 is 14.3 Å². The largest absolute Gasteiger partial charge is 0.395 e. The molecule has 0 amide bonds. The minimum Gasteiger partial charge on any atom is -0.395 e. The van der Waals surface area contributed by atoms with Gasteiger partial charge in [0.15, 0.2) is 5.78 Å². The molecular weight excluding hydrogens is 257 g/mol. The first-order valence-electron chi connectivity index (χ1n) is 6.91. The third-order valence-corrected chi connectivity index (χ3v) is 3.39. The molecule has 0 aliphatic carbocycles. The van der Waals surface area contributed by atoms with Crippen LogP contribution >= 0.6 is 0 Å². The van der Waals surface area contributed by atoms with Crippen LogP contribution in [0.5, 0.6) is 0 Å². The molecule has 3 nitrogen and oxygen atoms in total. The van der Waals surface area contributed by atoms with Crippen LogP contribution < -0.4 is 0 Å². The average Bonchev–Trinajstić information content (AvgIpc) is 2.37. The number of rotatable bonds is 6. The van der Waals surface area contributed by atoms with Crippen molar-refractivity contribution in [3.8, 4) is 0 Å². The second-order valence-corrected chi connectivity index (χ2v) is 6.11. The van der Waals surface area contributed by atoms with Crippen molar-refractivity contribution in [3.63, 3.8) is 0 Å². The Labute approximate surface area is 120 Å². The maximum absolute atomic E-state index is 12.9. The maximum Gasteiger partial charge on any atom is 0.166 e. The average molecular weight is 281 g/mol. The fourth-order valence-corrected chi connectivity index (χ4v) is 2.13. The molecule has 1 atom stereocenters. The Balaban J connectivity index is 2.75. The molecule has 20 heavy (non-hydrogen) atoms. The summed E-state index contributed by atoms with van der Waals surface area (Å²) >= 11 is 0. The van der Waals surface area contributed by atoms with Crippen LogP contribution in [0.1, 0.15) is 38.1 Å². The predicted molar refractivity (Wildman–Crippen MR) is 78.3 cm³/mol. The van der Waals surface area contributed by atoms with Gasteiger partial charge in [0, 0.05) is 30.1 Å². The van der Waals surface area contributed by atoms with Gasteiger partial charge in [-0.1, -0.05) is 6.92 Å². The van der Waals surface area contributed by atoms with Gasteiger partial charge in [-0.05, 0) is 45.0 Å². The molecule has 0 aliphatic heterocycles. The van der Waals surface area contributed by atoms with Crippen LogP contribution in [0.25, 0.3) is 0 Å². The standard InChI is InChI=1S/C16H24FNO2/c1-12(11-18(9-10-19)16(2,3)4)15(20)13-5-7-14(17)8-6-13/h5-8,12,19H,9-11H2,1-4H3. The van der Waals surface area contributed by atoms with Crippen molar-refractivity contribution >= 4 is 5.78 Å². The Bertz CT molecular complexity index is 437. The van der Waals surface area contributed by atoms with Gasteiger partial charge in [-0.2, -0.15) is 0 Å². The van der Waals surface area contributed by atoms with Crippen LogP contribution in [-0.2, 0) is 0 Å². The second-order valence-electron chi connectivity index (χ2n) is 6.11. The van der Waals surface area contributed by atoms with Crippen molar-refractivity contribution in [3.05, 3.63) is 35.6 Å². The molecule has 0 aliphatic rings. The van der Waals surface area contributed by atoms with E-state index in [0.717, 1.165) is 0 Å². The number of β-amino-alcohol motifs (C(OH)–C–C–N with tert-alkyl or cyclic N) is 1. The number of aliphatic hydroxyl groups excluding tert-OH is 1. The smallest absolute Gasteiger partial charge is 0.166 e. The van der Waals surface area contributed by atoms with Gasteiger partial charge in [0.1, 0.15) is 5.82 Å². The monoisotopic (exact) mass is 281 g/mol. The number of Topliss-reactive ketones (excluding diaryl/α,β-unsaturated/α-hetero) is 1. The molecule has 0 bridgehead atoms. The van der Waals surface area contributed by atoms with E-state index in [4.69, 9.17) is 5.11 Å². The van der Waals surface area contributed by atoms with Crippen LogP contribution in [0.2, 0.25) is 0 Å². The molecule has 0 radical (unpaired) electrons. The molecule has 1 rings (SSSR count). The highest BCUT2D eigenvalue weighted by molar-refractivity contribution is 5.97. The topological polar surface area (TPSA) is 40.5 Å². The fraction of sp³-hybridized carbons (Fsp3) is 0.562. The lowest BCUT2D eigenvalue weighted by atomic mass is 9.96. The van der Waals surface area contributed by atoms with Gasteiger partial charge in [0.05, 0.1) is 6.61 Å². The first-order valence-corrected chi connectivity index (χ1v) is 6.91. The number of nitrogens with zero attached hydrogens (tertiary/aromatic N) is 1. The molecular formula is C16H24FNO2. The van der Waals surface area contributed by atoms with E-state index in [9.17, 15) is 9.18 Å². The van der Waals surface area contributed by atoms with Crippen molar-refractivity contribution in [1.29, 1.82) is 0 Å². The fourth-order valence-electron chi connectivity index (χ4n) is 2.13. The van der Waals surface area contributed by atoms with E-state index in [2.05, 4.69) is 25.7 Å². The van der Waals surface area contributed by atoms with Crippen molar-refractivity contribution in [1.82, 2.24) is 4.90 Å². The summed E-state index contributed by atoms with van der Waals surface area (Å²) in [6.45, 7) is 9.19. The van der Waals surface area contributed by atoms with Gasteiger partial charge in [0.25, 0.3) is 0 Å². The predicted octanol–water partition coefficient (Wildman–Crippen LogP) is 2.74. The first-order chi connectivity index (χ1) is 9.25. The van der Waals surface area contributed by atoms with E-state index in [0.29, 0.717) is 18.7 Å². The van der Waals surface area contributed by atoms with Crippen LogP contribution in [0.15, 0.2) is 24.3 Å². The Morgan fingerprint density at radius 2 is 1.85 bits per heavy atom. The van der Waals surface area contributed by atoms with Crippen LogP contribution in [-0.4, -0.2) is 41.0 Å². The highest BCUT2D eigenvalue weighted by Gasteiger charge is 2.25. The summed E-state index contributed by atoms with van der Waals surface area (Å²) in [6.07, 6.45) is 0. The van der Waals surface area contributed by atoms with E-state index in [1.807, 2.05) is 6.92 Å². The number of aliphatic hydroxyl groups is 1. The van der Waals surface area contributed by atoms with Gasteiger partial charge in [-0.15, -0.1) is 0 Å². The first kappa shape index (κ1) is 16.8. The third kappa shape index (κ3) is 4.69. The highest BCUT2D eigenvalue weighted by Crippen LogP contribution is 2.17. The van der Waals surface area contributed by atoms with Gasteiger partial charge < -0.3 is 5.11 Å². The normalized spacial score (nSPS) is 13.6. The van der Waals surface area contributed by atoms with Crippen molar-refractivity contribution in [2.45, 2.75) is 33.2 Å². The number of hydrogen-bond acceptors (Lipinski definition) is 3. The summed E-state index contributed by atoms with van der Waals surface area (Å²) in [5.74, 6) is -0.547. The van der Waals surface area contributed by atoms with E-state index in [1.54, 1.807) is 0 Å². The molecule has 0 saturated carbocycles. The quantitative estimate of drug-likeness (QED) is 0.815. The Kier molecular flexibility index (Phi) is 5.84. The molecule has 0 aromatic heterocycles. The molecule has 112 valence electrons. The van der Waals surface area contributed by atoms with Gasteiger partial charge in [-0.3, -0.25) is 9.69 Å². The minimum atomic E-state index is -0.342. The van der Waals surface area contributed by atoms with Crippen LogP contribution in [0.4, 0.5) is 4.39 Å². The number of benzene rings is 1. The number of carbonyl (C=O) groups excluding carboxylic acids is 1. The number of carbonyl (C=O) groups is 1.